The number of halogens is 1. The number of carbonyl (C=O) groups is 1. The third-order valence-electron chi connectivity index (χ3n) is 4.77. The Bertz CT molecular complexity index is 529. The summed E-state index contributed by atoms with van der Waals surface area (Å²) in [6, 6.07) is 7.81. The van der Waals surface area contributed by atoms with Gasteiger partial charge in [0, 0.05) is 43.7 Å². The maximum absolute atomic E-state index is 11.8. The van der Waals surface area contributed by atoms with Crippen LogP contribution in [0.1, 0.15) is 37.4 Å². The molecule has 0 bridgehead atoms. The van der Waals surface area contributed by atoms with Crippen molar-refractivity contribution < 1.29 is 9.90 Å². The summed E-state index contributed by atoms with van der Waals surface area (Å²) in [5, 5.41) is 11.0. The van der Waals surface area contributed by atoms with Gasteiger partial charge in [-0.2, -0.15) is 0 Å². The van der Waals surface area contributed by atoms with Gasteiger partial charge in [0.05, 0.1) is 6.10 Å². The minimum Gasteiger partial charge on any atom is -0.387 e. The monoisotopic (exact) mass is 322 g/mol. The Morgan fingerprint density at radius 3 is 2.68 bits per heavy atom. The van der Waals surface area contributed by atoms with Crippen molar-refractivity contribution >= 4 is 17.5 Å². The summed E-state index contributed by atoms with van der Waals surface area (Å²) in [6.07, 6.45) is 3.23. The smallest absolute Gasteiger partial charge is 0.222 e. The molecule has 0 radical (unpaired) electrons. The number of nitrogens with zero attached hydrogens (tertiary/aromatic N) is 2. The lowest BCUT2D eigenvalue weighted by Gasteiger charge is -2.37. The number of hydrogen-bond acceptors (Lipinski definition) is 3. The molecule has 4 nitrogen and oxygen atoms in total. The van der Waals surface area contributed by atoms with E-state index < -0.39 is 6.10 Å². The second-order valence-corrected chi connectivity index (χ2v) is 6.73. The van der Waals surface area contributed by atoms with E-state index in [1.165, 1.54) is 0 Å². The van der Waals surface area contributed by atoms with Crippen LogP contribution in [0, 0.1) is 0 Å². The number of likely N-dealkylation sites (tertiary alicyclic amines) is 2. The molecule has 3 rings (SSSR count). The number of hydrogen-bond donors (Lipinski definition) is 1. The van der Waals surface area contributed by atoms with Crippen LogP contribution in [0.5, 0.6) is 0 Å². The quantitative estimate of drug-likeness (QED) is 0.926. The molecule has 1 aromatic rings. The molecule has 120 valence electrons. The summed E-state index contributed by atoms with van der Waals surface area (Å²) in [5.41, 5.74) is 0.865. The van der Waals surface area contributed by atoms with Crippen LogP contribution in [0.3, 0.4) is 0 Å². The van der Waals surface area contributed by atoms with Gasteiger partial charge in [0.1, 0.15) is 0 Å². The zero-order chi connectivity index (χ0) is 15.5. The predicted molar refractivity (Wildman–Crippen MR) is 86.8 cm³/mol. The summed E-state index contributed by atoms with van der Waals surface area (Å²) >= 11 is 5.97. The number of aliphatic hydroxyl groups is 1. The van der Waals surface area contributed by atoms with E-state index in [9.17, 15) is 9.90 Å². The average Bonchev–Trinajstić information content (AvgIpc) is 2.94. The van der Waals surface area contributed by atoms with E-state index in [2.05, 4.69) is 9.80 Å². The highest BCUT2D eigenvalue weighted by Gasteiger charge is 2.31. The second-order valence-electron chi connectivity index (χ2n) is 6.29. The van der Waals surface area contributed by atoms with Gasteiger partial charge in [0.15, 0.2) is 0 Å². The van der Waals surface area contributed by atoms with Crippen molar-refractivity contribution in [2.24, 2.45) is 0 Å². The lowest BCUT2D eigenvalue weighted by atomic mass is 10.0. The summed E-state index contributed by atoms with van der Waals surface area (Å²) in [5.74, 6) is 0.317. The highest BCUT2D eigenvalue weighted by molar-refractivity contribution is 6.30. The van der Waals surface area contributed by atoms with Crippen molar-refractivity contribution in [3.05, 3.63) is 34.9 Å². The van der Waals surface area contributed by atoms with Crippen molar-refractivity contribution in [2.45, 2.75) is 37.8 Å². The molecule has 2 aliphatic heterocycles. The zero-order valence-electron chi connectivity index (χ0n) is 12.7. The van der Waals surface area contributed by atoms with Crippen LogP contribution >= 0.6 is 11.6 Å². The molecule has 0 aromatic heterocycles. The first-order chi connectivity index (χ1) is 10.6. The molecular formula is C17H23ClN2O2. The standard InChI is InChI=1S/C17H23ClN2O2/c18-14-4-1-3-13(11-14)16(21)12-19-9-6-15(7-10-19)20-8-2-5-17(20)22/h1,3-4,11,15-16,21H,2,5-10,12H2. The Labute approximate surface area is 136 Å². The lowest BCUT2D eigenvalue weighted by molar-refractivity contribution is -0.130. The molecule has 1 amide bonds. The van der Waals surface area contributed by atoms with Crippen LogP contribution < -0.4 is 0 Å². The first kappa shape index (κ1) is 15.8. The highest BCUT2D eigenvalue weighted by Crippen LogP contribution is 2.24. The van der Waals surface area contributed by atoms with Crippen molar-refractivity contribution in [3.63, 3.8) is 0 Å². The number of benzene rings is 1. The van der Waals surface area contributed by atoms with Gasteiger partial charge < -0.3 is 14.9 Å². The Balaban J connectivity index is 1.50. The summed E-state index contributed by atoms with van der Waals surface area (Å²) < 4.78 is 0. The van der Waals surface area contributed by atoms with Crippen molar-refractivity contribution in [2.75, 3.05) is 26.2 Å². The Kier molecular flexibility index (Phi) is 5.01. The number of aliphatic hydroxyl groups excluding tert-OH is 1. The summed E-state index contributed by atoms with van der Waals surface area (Å²) in [6.45, 7) is 3.42. The topological polar surface area (TPSA) is 43.8 Å². The number of rotatable bonds is 4. The van der Waals surface area contributed by atoms with Gasteiger partial charge in [-0.05, 0) is 37.0 Å². The zero-order valence-corrected chi connectivity index (χ0v) is 13.5. The van der Waals surface area contributed by atoms with E-state index in [4.69, 9.17) is 11.6 Å². The molecule has 1 N–H and O–H groups in total. The van der Waals surface area contributed by atoms with Crippen LogP contribution in [-0.4, -0.2) is 53.0 Å². The van der Waals surface area contributed by atoms with Gasteiger partial charge >= 0.3 is 0 Å². The van der Waals surface area contributed by atoms with Gasteiger partial charge in [-0.15, -0.1) is 0 Å². The van der Waals surface area contributed by atoms with E-state index in [0.717, 1.165) is 44.5 Å². The van der Waals surface area contributed by atoms with E-state index in [0.29, 0.717) is 29.9 Å². The fourth-order valence-electron chi connectivity index (χ4n) is 3.53. The largest absolute Gasteiger partial charge is 0.387 e. The molecule has 2 saturated heterocycles. The Hall–Kier alpha value is -1.10. The number of carbonyl (C=O) groups excluding carboxylic acids is 1. The van der Waals surface area contributed by atoms with Crippen LogP contribution in [0.15, 0.2) is 24.3 Å². The van der Waals surface area contributed by atoms with Crippen molar-refractivity contribution in [3.8, 4) is 0 Å². The van der Waals surface area contributed by atoms with Crippen LogP contribution in [0.4, 0.5) is 0 Å². The van der Waals surface area contributed by atoms with Crippen LogP contribution in [0.25, 0.3) is 0 Å². The normalized spacial score (nSPS) is 22.3. The number of piperidine rings is 1. The summed E-state index contributed by atoms with van der Waals surface area (Å²) in [7, 11) is 0. The van der Waals surface area contributed by atoms with Crippen molar-refractivity contribution in [1.82, 2.24) is 9.80 Å². The molecule has 22 heavy (non-hydrogen) atoms. The third-order valence-corrected chi connectivity index (χ3v) is 5.01. The summed E-state index contributed by atoms with van der Waals surface area (Å²) in [4.78, 5) is 16.2. The molecule has 5 heteroatoms. The fourth-order valence-corrected chi connectivity index (χ4v) is 3.73. The Morgan fingerprint density at radius 2 is 2.05 bits per heavy atom. The maximum atomic E-state index is 11.8. The fraction of sp³-hybridized carbons (Fsp3) is 0.588. The average molecular weight is 323 g/mol. The first-order valence-corrected chi connectivity index (χ1v) is 8.46. The van der Waals surface area contributed by atoms with Gasteiger partial charge in [0.2, 0.25) is 5.91 Å². The van der Waals surface area contributed by atoms with E-state index in [1.54, 1.807) is 0 Å². The van der Waals surface area contributed by atoms with Crippen LogP contribution in [-0.2, 0) is 4.79 Å². The number of β-amino-alcohol motifs (C(OH)–C–C–N with tert-alkyl or cyclic N) is 1. The SMILES string of the molecule is O=C1CCCN1C1CCN(CC(O)c2cccc(Cl)c2)CC1. The highest BCUT2D eigenvalue weighted by atomic mass is 35.5. The van der Waals surface area contributed by atoms with Crippen LogP contribution in [0.2, 0.25) is 5.02 Å². The molecular weight excluding hydrogens is 300 g/mol. The third kappa shape index (κ3) is 3.62. The van der Waals surface area contributed by atoms with Gasteiger partial charge in [-0.3, -0.25) is 4.79 Å². The Morgan fingerprint density at radius 1 is 1.27 bits per heavy atom. The molecule has 1 aromatic carbocycles. The molecule has 2 aliphatic rings. The predicted octanol–water partition coefficient (Wildman–Crippen LogP) is 2.46. The second kappa shape index (κ2) is 6.99. The van der Waals surface area contributed by atoms with E-state index >= 15 is 0 Å². The van der Waals surface area contributed by atoms with Gasteiger partial charge in [0.25, 0.3) is 0 Å². The van der Waals surface area contributed by atoms with Gasteiger partial charge in [-0.1, -0.05) is 23.7 Å². The number of amides is 1. The molecule has 0 saturated carbocycles. The van der Waals surface area contributed by atoms with E-state index in [1.807, 2.05) is 24.3 Å². The minimum absolute atomic E-state index is 0.317. The molecule has 1 atom stereocenters. The van der Waals surface area contributed by atoms with Gasteiger partial charge in [-0.25, -0.2) is 0 Å². The molecule has 0 aliphatic carbocycles. The molecule has 0 spiro atoms. The maximum Gasteiger partial charge on any atom is 0.222 e. The molecule has 2 fully saturated rings. The molecule has 2 heterocycles. The molecule has 1 unspecified atom stereocenters. The van der Waals surface area contributed by atoms with E-state index in [-0.39, 0.29) is 0 Å². The minimum atomic E-state index is -0.510. The lowest BCUT2D eigenvalue weighted by Crippen LogP contribution is -2.46. The first-order valence-electron chi connectivity index (χ1n) is 8.09. The van der Waals surface area contributed by atoms with Crippen molar-refractivity contribution in [1.29, 1.82) is 0 Å².